The van der Waals surface area contributed by atoms with Crippen molar-refractivity contribution in [3.63, 3.8) is 0 Å². The SMILES string of the molecule is CCCCCCNS(=O)(=O)c1ccc(NC(=O)CCNS(=O)(=O)c2ccc(OC)cc2)cc1. The van der Waals surface area contributed by atoms with Gasteiger partial charge in [-0.3, -0.25) is 4.79 Å². The molecule has 0 spiro atoms. The molecular weight excluding hydrogens is 466 g/mol. The molecule has 0 aliphatic carbocycles. The van der Waals surface area contributed by atoms with Gasteiger partial charge in [0, 0.05) is 25.2 Å². The van der Waals surface area contributed by atoms with Crippen molar-refractivity contribution in [1.82, 2.24) is 9.44 Å². The summed E-state index contributed by atoms with van der Waals surface area (Å²) in [5.74, 6) is 0.131. The molecule has 0 aliphatic rings. The van der Waals surface area contributed by atoms with Crippen LogP contribution in [0.2, 0.25) is 0 Å². The maximum Gasteiger partial charge on any atom is 0.240 e. The van der Waals surface area contributed by atoms with Crippen molar-refractivity contribution in [3.05, 3.63) is 48.5 Å². The predicted molar refractivity (Wildman–Crippen MR) is 127 cm³/mol. The molecule has 3 N–H and O–H groups in total. The van der Waals surface area contributed by atoms with Crippen molar-refractivity contribution in [2.75, 3.05) is 25.5 Å². The molecule has 2 aromatic carbocycles. The van der Waals surface area contributed by atoms with E-state index in [0.717, 1.165) is 25.7 Å². The highest BCUT2D eigenvalue weighted by molar-refractivity contribution is 7.89. The van der Waals surface area contributed by atoms with Crippen molar-refractivity contribution in [2.45, 2.75) is 48.8 Å². The van der Waals surface area contributed by atoms with E-state index in [1.807, 2.05) is 0 Å². The van der Waals surface area contributed by atoms with Crippen LogP contribution in [0.4, 0.5) is 5.69 Å². The minimum Gasteiger partial charge on any atom is -0.497 e. The van der Waals surface area contributed by atoms with Gasteiger partial charge in [-0.2, -0.15) is 0 Å². The summed E-state index contributed by atoms with van der Waals surface area (Å²) in [6.45, 7) is 2.38. The molecule has 2 rings (SSSR count). The minimum atomic E-state index is -3.75. The summed E-state index contributed by atoms with van der Waals surface area (Å²) in [6, 6.07) is 11.7. The highest BCUT2D eigenvalue weighted by atomic mass is 32.2. The smallest absolute Gasteiger partial charge is 0.240 e. The van der Waals surface area contributed by atoms with E-state index in [1.54, 1.807) is 0 Å². The lowest BCUT2D eigenvalue weighted by atomic mass is 10.2. The molecule has 11 heteroatoms. The van der Waals surface area contributed by atoms with Crippen LogP contribution in [0, 0.1) is 0 Å². The first-order valence-corrected chi connectivity index (χ1v) is 13.7. The number of hydrogen-bond acceptors (Lipinski definition) is 6. The van der Waals surface area contributed by atoms with Crippen molar-refractivity contribution < 1.29 is 26.4 Å². The predicted octanol–water partition coefficient (Wildman–Crippen LogP) is 2.86. The van der Waals surface area contributed by atoms with Crippen LogP contribution in [0.1, 0.15) is 39.0 Å². The van der Waals surface area contributed by atoms with Gasteiger partial charge < -0.3 is 10.1 Å². The molecule has 0 fully saturated rings. The second kappa shape index (κ2) is 12.7. The van der Waals surface area contributed by atoms with E-state index >= 15 is 0 Å². The van der Waals surface area contributed by atoms with Gasteiger partial charge in [-0.05, 0) is 55.0 Å². The molecule has 9 nitrogen and oxygen atoms in total. The van der Waals surface area contributed by atoms with Crippen molar-refractivity contribution in [1.29, 1.82) is 0 Å². The Morgan fingerprint density at radius 3 is 1.88 bits per heavy atom. The molecule has 182 valence electrons. The second-order valence-corrected chi connectivity index (χ2v) is 10.9. The molecule has 0 aromatic heterocycles. The largest absolute Gasteiger partial charge is 0.497 e. The van der Waals surface area contributed by atoms with E-state index in [4.69, 9.17) is 4.74 Å². The molecule has 0 heterocycles. The lowest BCUT2D eigenvalue weighted by molar-refractivity contribution is -0.116. The van der Waals surface area contributed by atoms with Gasteiger partial charge in [-0.15, -0.1) is 0 Å². The lowest BCUT2D eigenvalue weighted by Gasteiger charge is -2.10. The minimum absolute atomic E-state index is 0.0690. The summed E-state index contributed by atoms with van der Waals surface area (Å²) in [5.41, 5.74) is 0.417. The fourth-order valence-electron chi connectivity index (χ4n) is 2.92. The zero-order valence-electron chi connectivity index (χ0n) is 18.8. The second-order valence-electron chi connectivity index (χ2n) is 7.35. The van der Waals surface area contributed by atoms with Crippen LogP contribution in [-0.4, -0.2) is 42.9 Å². The number of nitrogens with one attached hydrogen (secondary N) is 3. The van der Waals surface area contributed by atoms with Crippen molar-refractivity contribution in [3.8, 4) is 5.75 Å². The Kier molecular flexibility index (Phi) is 10.3. The van der Waals surface area contributed by atoms with Gasteiger partial charge in [-0.25, -0.2) is 26.3 Å². The first-order valence-electron chi connectivity index (χ1n) is 10.7. The van der Waals surface area contributed by atoms with Gasteiger partial charge in [0.25, 0.3) is 0 Å². The number of anilines is 1. The molecule has 0 saturated heterocycles. The van der Waals surface area contributed by atoms with E-state index in [0.29, 0.717) is 18.0 Å². The zero-order chi connectivity index (χ0) is 24.3. The number of amides is 1. The van der Waals surface area contributed by atoms with Crippen molar-refractivity contribution in [2.24, 2.45) is 0 Å². The summed E-state index contributed by atoms with van der Waals surface area (Å²) < 4.78 is 59.1. The van der Waals surface area contributed by atoms with Gasteiger partial charge >= 0.3 is 0 Å². The van der Waals surface area contributed by atoms with E-state index in [2.05, 4.69) is 21.7 Å². The maximum absolute atomic E-state index is 12.3. The molecule has 0 unspecified atom stereocenters. The Balaban J connectivity index is 1.81. The highest BCUT2D eigenvalue weighted by Gasteiger charge is 2.15. The molecular formula is C22H31N3O6S2. The van der Waals surface area contributed by atoms with E-state index in [9.17, 15) is 21.6 Å². The van der Waals surface area contributed by atoms with Gasteiger partial charge in [0.15, 0.2) is 0 Å². The third-order valence-corrected chi connectivity index (χ3v) is 7.74. The van der Waals surface area contributed by atoms with Gasteiger partial charge in [-0.1, -0.05) is 26.2 Å². The molecule has 0 bridgehead atoms. The van der Waals surface area contributed by atoms with E-state index < -0.39 is 26.0 Å². The Bertz CT molecular complexity index is 1100. The Hall–Kier alpha value is -2.47. The van der Waals surface area contributed by atoms with Crippen LogP contribution >= 0.6 is 0 Å². The van der Waals surface area contributed by atoms with Gasteiger partial charge in [0.05, 0.1) is 16.9 Å². The molecule has 2 aromatic rings. The third-order valence-electron chi connectivity index (χ3n) is 4.78. The quantitative estimate of drug-likeness (QED) is 0.344. The normalized spacial score (nSPS) is 11.8. The molecule has 1 amide bonds. The topological polar surface area (TPSA) is 131 Å². The first kappa shape index (κ1) is 26.8. The number of benzene rings is 2. The number of carbonyl (C=O) groups is 1. The van der Waals surface area contributed by atoms with Crippen LogP contribution in [0.3, 0.4) is 0 Å². The van der Waals surface area contributed by atoms with Crippen LogP contribution < -0.4 is 19.5 Å². The monoisotopic (exact) mass is 497 g/mol. The Morgan fingerprint density at radius 2 is 1.33 bits per heavy atom. The van der Waals surface area contributed by atoms with Crippen LogP contribution in [-0.2, 0) is 24.8 Å². The summed E-state index contributed by atoms with van der Waals surface area (Å²) in [7, 11) is -5.86. The molecule has 0 atom stereocenters. The summed E-state index contributed by atoms with van der Waals surface area (Å²) in [6.07, 6.45) is 3.81. The number of sulfonamides is 2. The van der Waals surface area contributed by atoms with Gasteiger partial charge in [0.1, 0.15) is 5.75 Å². The average Bonchev–Trinajstić information content (AvgIpc) is 2.79. The number of rotatable bonds is 14. The summed E-state index contributed by atoms with van der Waals surface area (Å²) in [5, 5.41) is 2.62. The molecule has 0 saturated carbocycles. The van der Waals surface area contributed by atoms with Crippen LogP contribution in [0.25, 0.3) is 0 Å². The zero-order valence-corrected chi connectivity index (χ0v) is 20.5. The highest BCUT2D eigenvalue weighted by Crippen LogP contribution is 2.16. The third kappa shape index (κ3) is 8.77. The van der Waals surface area contributed by atoms with Crippen LogP contribution in [0.5, 0.6) is 5.75 Å². The fourth-order valence-corrected chi connectivity index (χ4v) is 5.03. The number of methoxy groups -OCH3 is 1. The number of carbonyl (C=O) groups excluding carboxylic acids is 1. The van der Waals surface area contributed by atoms with Gasteiger partial charge in [0.2, 0.25) is 26.0 Å². The van der Waals surface area contributed by atoms with Crippen molar-refractivity contribution >= 4 is 31.6 Å². The number of hydrogen-bond donors (Lipinski definition) is 3. The summed E-state index contributed by atoms with van der Waals surface area (Å²) >= 11 is 0. The fraction of sp³-hybridized carbons (Fsp3) is 0.409. The molecule has 33 heavy (non-hydrogen) atoms. The summed E-state index contributed by atoms with van der Waals surface area (Å²) in [4.78, 5) is 12.3. The van der Waals surface area contributed by atoms with Crippen LogP contribution in [0.15, 0.2) is 58.3 Å². The first-order chi connectivity index (χ1) is 15.7. The maximum atomic E-state index is 12.3. The lowest BCUT2D eigenvalue weighted by Crippen LogP contribution is -2.27. The van der Waals surface area contributed by atoms with E-state index in [1.165, 1.54) is 55.6 Å². The Labute approximate surface area is 196 Å². The molecule has 0 aliphatic heterocycles. The molecule has 0 radical (unpaired) electrons. The standard InChI is InChI=1S/C22H31N3O6S2/c1-3-4-5-6-16-23-32(27,28)20-11-7-18(8-12-20)25-22(26)15-17-24-33(29,30)21-13-9-19(31-2)10-14-21/h7-14,23-24H,3-6,15-17H2,1-2H3,(H,25,26). The number of ether oxygens (including phenoxy) is 1. The average molecular weight is 498 g/mol. The van der Waals surface area contributed by atoms with E-state index in [-0.39, 0.29) is 22.8 Å². The Morgan fingerprint density at radius 1 is 0.788 bits per heavy atom. The number of unbranched alkanes of at least 4 members (excludes halogenated alkanes) is 3.